The average molecular weight is 457 g/mol. The summed E-state index contributed by atoms with van der Waals surface area (Å²) < 4.78 is 13.7. The maximum absolute atomic E-state index is 5.92. The van der Waals surface area contributed by atoms with Gasteiger partial charge in [0.1, 0.15) is 5.76 Å². The van der Waals surface area contributed by atoms with Crippen LogP contribution in [0.2, 0.25) is 0 Å². The van der Waals surface area contributed by atoms with Crippen LogP contribution in [-0.2, 0) is 6.54 Å². The Bertz CT molecular complexity index is 1100. The van der Waals surface area contributed by atoms with Crippen molar-refractivity contribution < 1.29 is 8.83 Å². The van der Waals surface area contributed by atoms with Crippen LogP contribution in [0.25, 0.3) is 10.8 Å². The molecule has 0 radical (unpaired) electrons. The van der Waals surface area contributed by atoms with Crippen LogP contribution in [0.4, 0.5) is 5.95 Å². The minimum absolute atomic E-state index is 0.0602. The number of aromatic nitrogens is 5. The smallest absolute Gasteiger partial charge is 0.257 e. The number of rotatable bonds is 7. The maximum Gasteiger partial charge on any atom is 0.257 e. The average Bonchev–Trinajstić information content (AvgIpc) is 3.57. The summed E-state index contributed by atoms with van der Waals surface area (Å²) in [7, 11) is 0. The van der Waals surface area contributed by atoms with Crippen molar-refractivity contribution in [3.8, 4) is 10.8 Å². The van der Waals surface area contributed by atoms with E-state index in [1.807, 2.05) is 36.6 Å². The van der Waals surface area contributed by atoms with Crippen LogP contribution in [0.15, 0.2) is 49.9 Å². The summed E-state index contributed by atoms with van der Waals surface area (Å²) in [5, 5.41) is 20.3. The molecule has 1 saturated heterocycles. The number of thiophene rings is 1. The molecule has 1 aliphatic heterocycles. The van der Waals surface area contributed by atoms with E-state index < -0.39 is 0 Å². The highest BCUT2D eigenvalue weighted by atomic mass is 32.2. The molecule has 0 saturated carbocycles. The molecule has 1 unspecified atom stereocenters. The summed E-state index contributed by atoms with van der Waals surface area (Å²) >= 11 is 3.15. The van der Waals surface area contributed by atoms with Crippen molar-refractivity contribution in [2.75, 3.05) is 18.0 Å². The predicted octanol–water partition coefficient (Wildman–Crippen LogP) is 5.12. The van der Waals surface area contributed by atoms with E-state index in [9.17, 15) is 0 Å². The number of furan rings is 1. The number of thioether (sulfide) groups is 1. The highest BCUT2D eigenvalue weighted by Crippen LogP contribution is 2.37. The standard InChI is InChI=1S/C21H24N6O2S2/c1-14-7-9-26(10-8-14)20-24-25-21(27(20)13-16-5-3-11-28-16)31-15(2)18-22-23-19(29-18)17-6-4-12-30-17/h3-6,11-12,14-15H,7-10,13H2,1-2H3. The zero-order chi connectivity index (χ0) is 21.2. The van der Waals surface area contributed by atoms with E-state index in [2.05, 4.69) is 36.8 Å². The second-order valence-electron chi connectivity index (χ2n) is 7.80. The zero-order valence-corrected chi connectivity index (χ0v) is 19.1. The van der Waals surface area contributed by atoms with Crippen molar-refractivity contribution in [3.63, 3.8) is 0 Å². The van der Waals surface area contributed by atoms with Gasteiger partial charge in [0.2, 0.25) is 11.8 Å². The predicted molar refractivity (Wildman–Crippen MR) is 120 cm³/mol. The van der Waals surface area contributed by atoms with E-state index in [4.69, 9.17) is 8.83 Å². The van der Waals surface area contributed by atoms with Crippen molar-refractivity contribution >= 4 is 29.0 Å². The normalized spacial score (nSPS) is 16.1. The third kappa shape index (κ3) is 4.40. The first-order valence-electron chi connectivity index (χ1n) is 10.4. The molecule has 0 aromatic carbocycles. The van der Waals surface area contributed by atoms with E-state index in [1.54, 1.807) is 29.4 Å². The molecule has 0 bridgehead atoms. The van der Waals surface area contributed by atoms with Crippen molar-refractivity contribution in [2.45, 2.75) is 43.6 Å². The summed E-state index contributed by atoms with van der Waals surface area (Å²) in [5.74, 6) is 3.65. The lowest BCUT2D eigenvalue weighted by Crippen LogP contribution is -2.35. The fourth-order valence-corrected chi connectivity index (χ4v) is 5.13. The van der Waals surface area contributed by atoms with Crippen LogP contribution in [-0.4, -0.2) is 38.1 Å². The Kier molecular flexibility index (Phi) is 5.82. The van der Waals surface area contributed by atoms with Gasteiger partial charge < -0.3 is 13.7 Å². The van der Waals surface area contributed by atoms with E-state index in [-0.39, 0.29) is 5.25 Å². The molecule has 4 aromatic heterocycles. The summed E-state index contributed by atoms with van der Waals surface area (Å²) in [6.07, 6.45) is 4.03. The largest absolute Gasteiger partial charge is 0.467 e. The van der Waals surface area contributed by atoms with Gasteiger partial charge in [0.15, 0.2) is 5.16 Å². The second-order valence-corrected chi connectivity index (χ2v) is 10.1. The maximum atomic E-state index is 5.92. The van der Waals surface area contributed by atoms with Gasteiger partial charge in [-0.15, -0.1) is 31.7 Å². The van der Waals surface area contributed by atoms with Crippen molar-refractivity contribution in [3.05, 3.63) is 47.6 Å². The van der Waals surface area contributed by atoms with Crippen LogP contribution in [0.1, 0.15) is 43.6 Å². The Labute approximate surface area is 188 Å². The zero-order valence-electron chi connectivity index (χ0n) is 17.5. The van der Waals surface area contributed by atoms with Gasteiger partial charge in [0.05, 0.1) is 22.9 Å². The summed E-state index contributed by atoms with van der Waals surface area (Å²) in [6, 6.07) is 7.83. The first-order chi connectivity index (χ1) is 15.2. The Morgan fingerprint density at radius 3 is 2.77 bits per heavy atom. The molecule has 4 aromatic rings. The van der Waals surface area contributed by atoms with Gasteiger partial charge >= 0.3 is 0 Å². The van der Waals surface area contributed by atoms with E-state index in [0.29, 0.717) is 18.3 Å². The molecule has 0 spiro atoms. The number of anilines is 1. The Hall–Kier alpha value is -2.59. The molecule has 1 fully saturated rings. The summed E-state index contributed by atoms with van der Waals surface area (Å²) in [5.41, 5.74) is 0. The number of hydrogen-bond donors (Lipinski definition) is 0. The molecule has 10 heteroatoms. The van der Waals surface area contributed by atoms with Gasteiger partial charge in [0.25, 0.3) is 5.89 Å². The quantitative estimate of drug-likeness (QED) is 0.354. The number of piperidine rings is 1. The minimum atomic E-state index is -0.0602. The van der Waals surface area contributed by atoms with Crippen LogP contribution in [0.3, 0.4) is 0 Å². The highest BCUT2D eigenvalue weighted by Gasteiger charge is 2.26. The monoisotopic (exact) mass is 456 g/mol. The SMILES string of the molecule is CC1CCN(c2nnc(SC(C)c3nnc(-c4cccs4)o3)n2Cc2ccco2)CC1. The van der Waals surface area contributed by atoms with E-state index >= 15 is 0 Å². The molecule has 8 nitrogen and oxygen atoms in total. The summed E-state index contributed by atoms with van der Waals surface area (Å²) in [4.78, 5) is 3.30. The summed E-state index contributed by atoms with van der Waals surface area (Å²) in [6.45, 7) is 6.92. The van der Waals surface area contributed by atoms with Crippen molar-refractivity contribution in [1.82, 2.24) is 25.0 Å². The number of nitrogens with zero attached hydrogens (tertiary/aromatic N) is 6. The Morgan fingerprint density at radius 2 is 2.03 bits per heavy atom. The van der Waals surface area contributed by atoms with Crippen LogP contribution < -0.4 is 4.90 Å². The molecular formula is C21H24N6O2S2. The first kappa shape index (κ1) is 20.3. The Balaban J connectivity index is 1.39. The Morgan fingerprint density at radius 1 is 1.16 bits per heavy atom. The fraction of sp³-hybridized carbons (Fsp3) is 0.429. The topological polar surface area (TPSA) is 86.0 Å². The lowest BCUT2D eigenvalue weighted by atomic mass is 10.00. The van der Waals surface area contributed by atoms with Crippen LogP contribution in [0, 0.1) is 5.92 Å². The lowest BCUT2D eigenvalue weighted by molar-refractivity contribution is 0.427. The third-order valence-corrected chi connectivity index (χ3v) is 7.39. The van der Waals surface area contributed by atoms with Gasteiger partial charge in [-0.1, -0.05) is 24.8 Å². The van der Waals surface area contributed by atoms with Gasteiger partial charge in [-0.3, -0.25) is 4.57 Å². The van der Waals surface area contributed by atoms with Crippen molar-refractivity contribution in [1.29, 1.82) is 0 Å². The molecule has 0 N–H and O–H groups in total. The molecule has 31 heavy (non-hydrogen) atoms. The molecule has 162 valence electrons. The lowest BCUT2D eigenvalue weighted by Gasteiger charge is -2.31. The van der Waals surface area contributed by atoms with Gasteiger partial charge in [-0.05, 0) is 49.3 Å². The van der Waals surface area contributed by atoms with Gasteiger partial charge in [-0.2, -0.15) is 0 Å². The highest BCUT2D eigenvalue weighted by molar-refractivity contribution is 7.99. The fourth-order valence-electron chi connectivity index (χ4n) is 3.61. The molecule has 5 heterocycles. The second kappa shape index (κ2) is 8.88. The van der Waals surface area contributed by atoms with Crippen molar-refractivity contribution in [2.24, 2.45) is 5.92 Å². The van der Waals surface area contributed by atoms with E-state index in [1.165, 1.54) is 12.8 Å². The molecule has 5 rings (SSSR count). The minimum Gasteiger partial charge on any atom is -0.467 e. The molecule has 1 atom stereocenters. The van der Waals surface area contributed by atoms with E-state index in [0.717, 1.165) is 40.7 Å². The van der Waals surface area contributed by atoms with Crippen LogP contribution >= 0.6 is 23.1 Å². The molecule has 0 amide bonds. The molecule has 0 aliphatic carbocycles. The molecule has 1 aliphatic rings. The number of hydrogen-bond acceptors (Lipinski definition) is 9. The van der Waals surface area contributed by atoms with Gasteiger partial charge in [-0.25, -0.2) is 0 Å². The molecular weight excluding hydrogens is 432 g/mol. The van der Waals surface area contributed by atoms with Crippen LogP contribution in [0.5, 0.6) is 0 Å². The third-order valence-electron chi connectivity index (χ3n) is 5.46. The van der Waals surface area contributed by atoms with Gasteiger partial charge in [0, 0.05) is 13.1 Å². The first-order valence-corrected chi connectivity index (χ1v) is 12.2.